The number of likely N-dealkylation sites (tertiary alicyclic amines) is 1. The molecular weight excluding hydrogens is 181 g/mol. The highest BCUT2D eigenvalue weighted by molar-refractivity contribution is 4.99. The van der Waals surface area contributed by atoms with Gasteiger partial charge in [0.1, 0.15) is 6.04 Å². The summed E-state index contributed by atoms with van der Waals surface area (Å²) in [5, 5.41) is 2.57. The summed E-state index contributed by atoms with van der Waals surface area (Å²) in [4.78, 5) is 1.98. The Morgan fingerprint density at radius 3 is 2.62 bits per heavy atom. The molecule has 0 aromatic rings. The second kappa shape index (κ2) is 2.85. The fourth-order valence-electron chi connectivity index (χ4n) is 2.50. The fourth-order valence-corrected chi connectivity index (χ4v) is 2.50. The molecule has 0 aromatic carbocycles. The van der Waals surface area contributed by atoms with Gasteiger partial charge in [-0.15, -0.1) is 0 Å². The van der Waals surface area contributed by atoms with Gasteiger partial charge in [0.05, 0.1) is 0 Å². The van der Waals surface area contributed by atoms with Crippen LogP contribution in [0.4, 0.5) is 13.2 Å². The van der Waals surface area contributed by atoms with Crippen molar-refractivity contribution in [2.24, 2.45) is 11.8 Å². The summed E-state index contributed by atoms with van der Waals surface area (Å²) in [6.07, 6.45) is -4.08. The van der Waals surface area contributed by atoms with Gasteiger partial charge in [-0.2, -0.15) is 13.2 Å². The molecule has 5 heteroatoms. The topological polar surface area (TPSA) is 15.3 Å². The molecule has 13 heavy (non-hydrogen) atoms. The van der Waals surface area contributed by atoms with Gasteiger partial charge in [0.15, 0.2) is 0 Å². The summed E-state index contributed by atoms with van der Waals surface area (Å²) >= 11 is 0. The first-order chi connectivity index (χ1) is 5.98. The minimum absolute atomic E-state index is 0.191. The molecule has 3 unspecified atom stereocenters. The third-order valence-electron chi connectivity index (χ3n) is 3.05. The van der Waals surface area contributed by atoms with E-state index in [1.165, 1.54) is 0 Å². The van der Waals surface area contributed by atoms with E-state index in [9.17, 15) is 13.2 Å². The lowest BCUT2D eigenvalue weighted by atomic mass is 9.94. The number of nitrogens with one attached hydrogen (secondary N) is 1. The van der Waals surface area contributed by atoms with Crippen molar-refractivity contribution in [3.63, 3.8) is 0 Å². The fraction of sp³-hybridized carbons (Fsp3) is 1.00. The smallest absolute Gasteiger partial charge is 0.306 e. The van der Waals surface area contributed by atoms with Crippen molar-refractivity contribution in [1.29, 1.82) is 0 Å². The van der Waals surface area contributed by atoms with Crippen molar-refractivity contribution in [3.8, 4) is 0 Å². The Labute approximate surface area is 75.1 Å². The Hall–Kier alpha value is -0.290. The van der Waals surface area contributed by atoms with Crippen molar-refractivity contribution in [1.82, 2.24) is 10.2 Å². The lowest BCUT2D eigenvalue weighted by Crippen LogP contribution is -2.43. The Bertz CT molecular complexity index is 204. The summed E-state index contributed by atoms with van der Waals surface area (Å²) in [6.45, 7) is 1.88. The van der Waals surface area contributed by atoms with Crippen LogP contribution in [0, 0.1) is 11.8 Å². The van der Waals surface area contributed by atoms with Gasteiger partial charge in [-0.25, -0.2) is 0 Å². The molecule has 76 valence electrons. The Kier molecular flexibility index (Phi) is 2.03. The van der Waals surface area contributed by atoms with Crippen molar-refractivity contribution in [2.75, 3.05) is 26.7 Å². The van der Waals surface area contributed by atoms with Crippen LogP contribution < -0.4 is 5.32 Å². The number of hydrogen-bond donors (Lipinski definition) is 1. The van der Waals surface area contributed by atoms with E-state index in [-0.39, 0.29) is 11.8 Å². The van der Waals surface area contributed by atoms with E-state index >= 15 is 0 Å². The van der Waals surface area contributed by atoms with E-state index in [0.717, 1.165) is 6.54 Å². The van der Waals surface area contributed by atoms with Gasteiger partial charge in [-0.05, 0) is 13.0 Å². The van der Waals surface area contributed by atoms with Gasteiger partial charge in [-0.1, -0.05) is 0 Å². The molecule has 0 aromatic heterocycles. The second-order valence-corrected chi connectivity index (χ2v) is 4.07. The van der Waals surface area contributed by atoms with E-state index in [0.29, 0.717) is 13.1 Å². The Morgan fingerprint density at radius 1 is 1.31 bits per heavy atom. The van der Waals surface area contributed by atoms with Crippen LogP contribution in [-0.2, 0) is 0 Å². The molecule has 0 spiro atoms. The lowest BCUT2D eigenvalue weighted by molar-refractivity contribution is -0.161. The highest BCUT2D eigenvalue weighted by Crippen LogP contribution is 2.37. The molecule has 2 saturated heterocycles. The van der Waals surface area contributed by atoms with Crippen LogP contribution in [0.3, 0.4) is 0 Å². The van der Waals surface area contributed by atoms with Gasteiger partial charge < -0.3 is 10.2 Å². The van der Waals surface area contributed by atoms with Crippen molar-refractivity contribution >= 4 is 0 Å². The van der Waals surface area contributed by atoms with E-state index in [1.54, 1.807) is 0 Å². The zero-order valence-corrected chi connectivity index (χ0v) is 7.43. The van der Waals surface area contributed by atoms with Crippen molar-refractivity contribution in [3.05, 3.63) is 0 Å². The van der Waals surface area contributed by atoms with Gasteiger partial charge in [0.25, 0.3) is 0 Å². The first kappa shape index (κ1) is 9.27. The van der Waals surface area contributed by atoms with Crippen LogP contribution >= 0.6 is 0 Å². The summed E-state index contributed by atoms with van der Waals surface area (Å²) in [7, 11) is 1.88. The highest BCUT2D eigenvalue weighted by atomic mass is 19.4. The number of alkyl halides is 3. The summed E-state index contributed by atoms with van der Waals surface area (Å²) in [6, 6.07) is -1.28. The molecule has 0 saturated carbocycles. The predicted molar refractivity (Wildman–Crippen MR) is 42.3 cm³/mol. The molecule has 2 fully saturated rings. The Morgan fingerprint density at radius 2 is 2.00 bits per heavy atom. The van der Waals surface area contributed by atoms with Crippen LogP contribution in [0.5, 0.6) is 0 Å². The van der Waals surface area contributed by atoms with Crippen molar-refractivity contribution in [2.45, 2.75) is 12.2 Å². The van der Waals surface area contributed by atoms with E-state index in [1.807, 2.05) is 11.9 Å². The molecule has 0 aliphatic carbocycles. The molecule has 2 aliphatic heterocycles. The maximum Gasteiger partial charge on any atom is 0.404 e. The van der Waals surface area contributed by atoms with Crippen LogP contribution in [0.15, 0.2) is 0 Å². The lowest BCUT2D eigenvalue weighted by Gasteiger charge is -2.21. The molecule has 2 heterocycles. The average Bonchev–Trinajstić information content (AvgIpc) is 2.41. The zero-order valence-electron chi connectivity index (χ0n) is 7.43. The SMILES string of the molecule is CN1CC2CNC(C(F)(F)F)C2C1. The third kappa shape index (κ3) is 1.55. The maximum atomic E-state index is 12.4. The summed E-state index contributed by atoms with van der Waals surface area (Å²) in [5.41, 5.74) is 0. The molecular formula is C8H13F3N2. The molecule has 0 amide bonds. The van der Waals surface area contributed by atoms with E-state index < -0.39 is 12.2 Å². The average molecular weight is 194 g/mol. The third-order valence-corrected chi connectivity index (χ3v) is 3.05. The number of rotatable bonds is 0. The molecule has 2 aliphatic rings. The molecule has 3 atom stereocenters. The minimum atomic E-state index is -4.08. The first-order valence-electron chi connectivity index (χ1n) is 4.47. The standard InChI is InChI=1S/C8H13F3N2/c1-13-3-5-2-12-7(6(5)4-13)8(9,10)11/h5-7,12H,2-4H2,1H3. The quantitative estimate of drug-likeness (QED) is 0.610. The normalized spacial score (nSPS) is 41.1. The molecule has 2 rings (SSSR count). The van der Waals surface area contributed by atoms with Gasteiger partial charge in [0.2, 0.25) is 0 Å². The number of fused-ring (bicyclic) bond motifs is 1. The van der Waals surface area contributed by atoms with Crippen LogP contribution in [0.2, 0.25) is 0 Å². The number of nitrogens with zero attached hydrogens (tertiary/aromatic N) is 1. The number of hydrogen-bond acceptors (Lipinski definition) is 2. The Balaban J connectivity index is 2.09. The first-order valence-corrected chi connectivity index (χ1v) is 4.47. The van der Waals surface area contributed by atoms with Crippen LogP contribution in [-0.4, -0.2) is 43.8 Å². The predicted octanol–water partition coefficient (Wildman–Crippen LogP) is 0.698. The monoisotopic (exact) mass is 194 g/mol. The van der Waals surface area contributed by atoms with E-state index in [4.69, 9.17) is 0 Å². The van der Waals surface area contributed by atoms with Gasteiger partial charge in [0, 0.05) is 25.6 Å². The highest BCUT2D eigenvalue weighted by Gasteiger charge is 2.53. The minimum Gasteiger partial charge on any atom is -0.306 e. The van der Waals surface area contributed by atoms with Crippen LogP contribution in [0.1, 0.15) is 0 Å². The van der Waals surface area contributed by atoms with Gasteiger partial charge >= 0.3 is 6.18 Å². The number of halogens is 3. The second-order valence-electron chi connectivity index (χ2n) is 4.07. The van der Waals surface area contributed by atoms with Crippen LogP contribution in [0.25, 0.3) is 0 Å². The summed E-state index contributed by atoms with van der Waals surface area (Å²) in [5.74, 6) is -0.0402. The zero-order chi connectivity index (χ0) is 9.64. The molecule has 0 bridgehead atoms. The van der Waals surface area contributed by atoms with Gasteiger partial charge in [-0.3, -0.25) is 0 Å². The summed E-state index contributed by atoms with van der Waals surface area (Å²) < 4.78 is 37.3. The maximum absolute atomic E-state index is 12.4. The molecule has 0 radical (unpaired) electrons. The van der Waals surface area contributed by atoms with E-state index in [2.05, 4.69) is 5.32 Å². The van der Waals surface area contributed by atoms with Crippen molar-refractivity contribution < 1.29 is 13.2 Å². The largest absolute Gasteiger partial charge is 0.404 e. The molecule has 1 N–H and O–H groups in total. The molecule has 2 nitrogen and oxygen atoms in total.